The molecule has 0 saturated carbocycles. The monoisotopic (exact) mass is 147 g/mol. The molecule has 0 amide bonds. The highest BCUT2D eigenvalue weighted by molar-refractivity contribution is 5.80. The molecule has 0 spiro atoms. The molecule has 0 heterocycles. The molecule has 0 unspecified atom stereocenters. The van der Waals surface area contributed by atoms with Gasteiger partial charge in [-0.25, -0.2) is 4.79 Å². The summed E-state index contributed by atoms with van der Waals surface area (Å²) in [5.74, 6) is -0.609. The minimum absolute atomic E-state index is 0.609. The first kappa shape index (κ1) is 9.39. The smallest absolute Gasteiger partial charge is 0.328 e. The van der Waals surface area contributed by atoms with Gasteiger partial charge in [0.15, 0.2) is 0 Å². The third-order valence-corrected chi connectivity index (χ3v) is 1.49. The van der Waals surface area contributed by atoms with Crippen LogP contribution in [-0.2, 0) is 9.53 Å². The Balaban J connectivity index is 4.24. The number of ether oxygens (including phenoxy) is 1. The van der Waals surface area contributed by atoms with Crippen LogP contribution < -0.4 is 5.73 Å². The van der Waals surface area contributed by atoms with Crippen molar-refractivity contribution < 1.29 is 14.6 Å². The third-order valence-electron chi connectivity index (χ3n) is 1.49. The van der Waals surface area contributed by atoms with Crippen LogP contribution in [0.1, 0.15) is 13.8 Å². The van der Waals surface area contributed by atoms with E-state index in [-0.39, 0.29) is 0 Å². The Morgan fingerprint density at radius 2 is 2.20 bits per heavy atom. The highest BCUT2D eigenvalue weighted by Crippen LogP contribution is 2.06. The lowest BCUT2D eigenvalue weighted by atomic mass is 9.98. The first-order chi connectivity index (χ1) is 4.42. The molecular formula is C6H13NO3. The van der Waals surface area contributed by atoms with E-state index in [0.717, 1.165) is 0 Å². The lowest BCUT2D eigenvalue weighted by Gasteiger charge is -2.23. The van der Waals surface area contributed by atoms with Crippen LogP contribution in [0.3, 0.4) is 0 Å². The summed E-state index contributed by atoms with van der Waals surface area (Å²) in [6, 6.07) is 0. The standard InChI is InChI=1S/C6H13NO3/c1-4(8)6(2,7)5(9)10-3/h4,8H,7H2,1-3H3/t4-,6+/m1/s1. The quantitative estimate of drug-likeness (QED) is 0.504. The largest absolute Gasteiger partial charge is 0.468 e. The highest BCUT2D eigenvalue weighted by atomic mass is 16.5. The molecule has 3 N–H and O–H groups in total. The van der Waals surface area contributed by atoms with E-state index in [1.54, 1.807) is 0 Å². The molecular weight excluding hydrogens is 134 g/mol. The molecule has 0 aromatic heterocycles. The fourth-order valence-corrected chi connectivity index (χ4v) is 0.390. The fourth-order valence-electron chi connectivity index (χ4n) is 0.390. The second kappa shape index (κ2) is 2.98. The topological polar surface area (TPSA) is 72.5 Å². The molecule has 0 rings (SSSR count). The average Bonchev–Trinajstić information content (AvgIpc) is 1.86. The van der Waals surface area contributed by atoms with Crippen molar-refractivity contribution in [2.75, 3.05) is 7.11 Å². The van der Waals surface area contributed by atoms with Crippen molar-refractivity contribution in [3.05, 3.63) is 0 Å². The molecule has 0 aliphatic heterocycles. The molecule has 4 nitrogen and oxygen atoms in total. The Labute approximate surface area is 60.0 Å². The summed E-state index contributed by atoms with van der Waals surface area (Å²) in [7, 11) is 1.23. The van der Waals surface area contributed by atoms with Crippen LogP contribution in [0, 0.1) is 0 Å². The van der Waals surface area contributed by atoms with Gasteiger partial charge in [0, 0.05) is 0 Å². The van der Waals surface area contributed by atoms with Gasteiger partial charge in [0.1, 0.15) is 5.54 Å². The average molecular weight is 147 g/mol. The van der Waals surface area contributed by atoms with Crippen molar-refractivity contribution in [3.63, 3.8) is 0 Å². The Morgan fingerprint density at radius 3 is 2.30 bits per heavy atom. The van der Waals surface area contributed by atoms with Crippen LogP contribution in [0.2, 0.25) is 0 Å². The predicted molar refractivity (Wildman–Crippen MR) is 36.3 cm³/mol. The van der Waals surface area contributed by atoms with Crippen LogP contribution in [0.5, 0.6) is 0 Å². The number of nitrogens with two attached hydrogens (primary N) is 1. The number of aliphatic hydroxyl groups is 1. The molecule has 2 atom stereocenters. The molecule has 0 aliphatic carbocycles. The van der Waals surface area contributed by atoms with Gasteiger partial charge in [-0.15, -0.1) is 0 Å². The molecule has 0 saturated heterocycles. The molecule has 60 valence electrons. The number of hydrogen-bond acceptors (Lipinski definition) is 4. The number of carbonyl (C=O) groups excluding carboxylic acids is 1. The van der Waals surface area contributed by atoms with Crippen LogP contribution >= 0.6 is 0 Å². The van der Waals surface area contributed by atoms with Crippen LogP contribution in [-0.4, -0.2) is 29.8 Å². The Kier molecular flexibility index (Phi) is 2.80. The maximum atomic E-state index is 10.8. The molecule has 0 radical (unpaired) electrons. The summed E-state index contributed by atoms with van der Waals surface area (Å²) < 4.78 is 4.35. The normalized spacial score (nSPS) is 19.3. The molecule has 10 heavy (non-hydrogen) atoms. The van der Waals surface area contributed by atoms with Gasteiger partial charge in [0.05, 0.1) is 13.2 Å². The van der Waals surface area contributed by atoms with Crippen molar-refractivity contribution in [2.24, 2.45) is 5.73 Å². The van der Waals surface area contributed by atoms with Gasteiger partial charge in [-0.05, 0) is 13.8 Å². The number of aliphatic hydroxyl groups excluding tert-OH is 1. The summed E-state index contributed by atoms with van der Waals surface area (Å²) in [6.45, 7) is 2.86. The van der Waals surface area contributed by atoms with Crippen molar-refractivity contribution >= 4 is 5.97 Å². The number of hydrogen-bond donors (Lipinski definition) is 2. The first-order valence-electron chi connectivity index (χ1n) is 2.98. The maximum Gasteiger partial charge on any atom is 0.328 e. The fraction of sp³-hybridized carbons (Fsp3) is 0.833. The van der Waals surface area contributed by atoms with Crippen molar-refractivity contribution in [2.45, 2.75) is 25.5 Å². The Bertz CT molecular complexity index is 131. The first-order valence-corrected chi connectivity index (χ1v) is 2.98. The number of esters is 1. The van der Waals surface area contributed by atoms with Gasteiger partial charge < -0.3 is 15.6 Å². The molecule has 0 aromatic rings. The van der Waals surface area contributed by atoms with Crippen LogP contribution in [0.25, 0.3) is 0 Å². The second-order valence-corrected chi connectivity index (χ2v) is 2.45. The zero-order valence-electron chi connectivity index (χ0n) is 6.42. The summed E-state index contributed by atoms with van der Waals surface area (Å²) in [5.41, 5.74) is 4.09. The predicted octanol–water partition coefficient (Wildman–Crippen LogP) is -0.742. The number of rotatable bonds is 2. The lowest BCUT2D eigenvalue weighted by molar-refractivity contribution is -0.150. The highest BCUT2D eigenvalue weighted by Gasteiger charge is 2.34. The van der Waals surface area contributed by atoms with Crippen molar-refractivity contribution in [1.29, 1.82) is 0 Å². The summed E-state index contributed by atoms with van der Waals surface area (Å²) in [6.07, 6.45) is -0.903. The van der Waals surface area contributed by atoms with Crippen LogP contribution in [0.15, 0.2) is 0 Å². The zero-order chi connectivity index (χ0) is 8.36. The molecule has 4 heteroatoms. The Morgan fingerprint density at radius 1 is 1.80 bits per heavy atom. The minimum atomic E-state index is -1.30. The summed E-state index contributed by atoms with van der Waals surface area (Å²) >= 11 is 0. The van der Waals surface area contributed by atoms with Gasteiger partial charge >= 0.3 is 5.97 Å². The Hall–Kier alpha value is -0.610. The lowest BCUT2D eigenvalue weighted by Crippen LogP contribution is -2.54. The van der Waals surface area contributed by atoms with E-state index in [9.17, 15) is 4.79 Å². The van der Waals surface area contributed by atoms with E-state index in [1.807, 2.05) is 0 Å². The minimum Gasteiger partial charge on any atom is -0.468 e. The van der Waals surface area contributed by atoms with E-state index >= 15 is 0 Å². The molecule has 0 fully saturated rings. The van der Waals surface area contributed by atoms with E-state index in [2.05, 4.69) is 4.74 Å². The van der Waals surface area contributed by atoms with Crippen molar-refractivity contribution in [3.8, 4) is 0 Å². The van der Waals surface area contributed by atoms with E-state index in [0.29, 0.717) is 0 Å². The SMILES string of the molecule is COC(=O)[C@@](C)(N)[C@@H](C)O. The summed E-state index contributed by atoms with van der Waals surface area (Å²) in [4.78, 5) is 10.8. The second-order valence-electron chi connectivity index (χ2n) is 2.45. The molecule has 0 aromatic carbocycles. The van der Waals surface area contributed by atoms with Gasteiger partial charge in [0.2, 0.25) is 0 Å². The summed E-state index contributed by atoms with van der Waals surface area (Å²) in [5, 5.41) is 8.96. The van der Waals surface area contributed by atoms with Gasteiger partial charge in [-0.1, -0.05) is 0 Å². The van der Waals surface area contributed by atoms with E-state index in [1.165, 1.54) is 21.0 Å². The van der Waals surface area contributed by atoms with Gasteiger partial charge in [-0.3, -0.25) is 0 Å². The van der Waals surface area contributed by atoms with Crippen LogP contribution in [0.4, 0.5) is 0 Å². The maximum absolute atomic E-state index is 10.8. The van der Waals surface area contributed by atoms with Gasteiger partial charge in [0.25, 0.3) is 0 Å². The zero-order valence-corrected chi connectivity index (χ0v) is 6.42. The number of methoxy groups -OCH3 is 1. The number of carbonyl (C=O) groups is 1. The van der Waals surface area contributed by atoms with E-state index < -0.39 is 17.6 Å². The molecule has 0 aliphatic rings. The van der Waals surface area contributed by atoms with E-state index in [4.69, 9.17) is 10.8 Å². The molecule has 0 bridgehead atoms. The van der Waals surface area contributed by atoms with Crippen molar-refractivity contribution in [1.82, 2.24) is 0 Å². The van der Waals surface area contributed by atoms with Gasteiger partial charge in [-0.2, -0.15) is 0 Å². The third kappa shape index (κ3) is 1.68.